The fraction of sp³-hybridized carbons (Fsp3) is 0.103. The molecule has 0 radical (unpaired) electrons. The molecule has 4 aromatic rings. The minimum atomic E-state index is -0.209. The van der Waals surface area contributed by atoms with E-state index in [9.17, 15) is 0 Å². The third kappa shape index (κ3) is 3.40. The van der Waals surface area contributed by atoms with Gasteiger partial charge in [-0.2, -0.15) is 0 Å². The molecule has 0 saturated carbocycles. The van der Waals surface area contributed by atoms with Gasteiger partial charge >= 0.3 is 0 Å². The fourth-order valence-corrected chi connectivity index (χ4v) is 6.29. The average Bonchev–Trinajstić information content (AvgIpc) is 2.86. The maximum Gasteiger partial charge on any atom is 0.0769 e. The van der Waals surface area contributed by atoms with Crippen molar-refractivity contribution < 1.29 is 0 Å². The summed E-state index contributed by atoms with van der Waals surface area (Å²) < 4.78 is -0.209. The highest BCUT2D eigenvalue weighted by Gasteiger charge is 2.46. The molecule has 2 unspecified atom stereocenters. The predicted molar refractivity (Wildman–Crippen MR) is 129 cm³/mol. The maximum atomic E-state index is 2.43. The minimum Gasteiger partial charge on any atom is -0.132 e. The Bertz CT molecular complexity index is 1060. The van der Waals surface area contributed by atoms with Crippen molar-refractivity contribution in [2.75, 3.05) is 0 Å². The molecule has 146 valence electrons. The van der Waals surface area contributed by atoms with Gasteiger partial charge in [0.25, 0.3) is 0 Å². The Morgan fingerprint density at radius 2 is 0.900 bits per heavy atom. The lowest BCUT2D eigenvalue weighted by atomic mass is 9.75. The third-order valence-electron chi connectivity index (χ3n) is 5.92. The van der Waals surface area contributed by atoms with Crippen LogP contribution in [0.15, 0.2) is 133 Å². The van der Waals surface area contributed by atoms with Crippen molar-refractivity contribution in [3.63, 3.8) is 0 Å². The van der Waals surface area contributed by atoms with Crippen LogP contribution in [0.1, 0.15) is 33.4 Å². The maximum absolute atomic E-state index is 2.43. The van der Waals surface area contributed by atoms with Gasteiger partial charge in [0, 0.05) is 11.2 Å². The van der Waals surface area contributed by atoms with Gasteiger partial charge in [-0.3, -0.25) is 0 Å². The van der Waals surface area contributed by atoms with E-state index in [1.807, 2.05) is 0 Å². The molecule has 1 aliphatic rings. The summed E-state index contributed by atoms with van der Waals surface area (Å²) >= 11 is 2.05. The van der Waals surface area contributed by atoms with Crippen molar-refractivity contribution in [1.82, 2.24) is 0 Å². The highest BCUT2D eigenvalue weighted by Crippen LogP contribution is 2.60. The van der Waals surface area contributed by atoms with Crippen molar-refractivity contribution in [2.45, 2.75) is 15.9 Å². The first-order valence-electron chi connectivity index (χ1n) is 10.4. The van der Waals surface area contributed by atoms with E-state index in [0.717, 1.165) is 0 Å². The molecular formula is C29H24S. The second kappa shape index (κ2) is 8.38. The van der Waals surface area contributed by atoms with Gasteiger partial charge in [0.05, 0.1) is 4.75 Å². The van der Waals surface area contributed by atoms with E-state index >= 15 is 0 Å². The zero-order valence-electron chi connectivity index (χ0n) is 16.8. The zero-order chi connectivity index (χ0) is 20.2. The van der Waals surface area contributed by atoms with E-state index < -0.39 is 0 Å². The molecular weight excluding hydrogens is 380 g/mol. The van der Waals surface area contributed by atoms with Gasteiger partial charge in [-0.25, -0.2) is 0 Å². The predicted octanol–water partition coefficient (Wildman–Crippen LogP) is 7.76. The summed E-state index contributed by atoms with van der Waals surface area (Å²) in [4.78, 5) is 0. The van der Waals surface area contributed by atoms with Gasteiger partial charge in [-0.1, -0.05) is 133 Å². The Morgan fingerprint density at radius 3 is 1.40 bits per heavy atom. The SMILES string of the molecule is C1=CC(c2ccccc2)C(c2ccccc2)(c2ccccc2)SC1c1ccccc1. The molecule has 30 heavy (non-hydrogen) atoms. The second-order valence-electron chi connectivity index (χ2n) is 7.69. The summed E-state index contributed by atoms with van der Waals surface area (Å²) in [6.07, 6.45) is 4.82. The quantitative estimate of drug-likeness (QED) is 0.313. The molecule has 0 saturated heterocycles. The fourth-order valence-electron chi connectivity index (χ4n) is 4.52. The van der Waals surface area contributed by atoms with Gasteiger partial charge in [-0.05, 0) is 22.3 Å². The van der Waals surface area contributed by atoms with Crippen molar-refractivity contribution in [1.29, 1.82) is 0 Å². The second-order valence-corrected chi connectivity index (χ2v) is 9.08. The van der Waals surface area contributed by atoms with Crippen LogP contribution in [0.3, 0.4) is 0 Å². The third-order valence-corrected chi connectivity index (χ3v) is 7.70. The Hall–Kier alpha value is -3.03. The number of thioether (sulfide) groups is 1. The standard InChI is InChI=1S/C29H24S/c1-5-13-23(14-6-1)27-21-22-28(24-15-7-2-8-16-24)30-29(27,25-17-9-3-10-18-25)26-19-11-4-12-20-26/h1-22,27-28H. The van der Waals surface area contributed by atoms with E-state index in [4.69, 9.17) is 0 Å². The Labute approximate surface area is 183 Å². The number of benzene rings is 4. The van der Waals surface area contributed by atoms with E-state index in [-0.39, 0.29) is 10.7 Å². The molecule has 1 aliphatic heterocycles. The lowest BCUT2D eigenvalue weighted by molar-refractivity contribution is 0.641. The van der Waals surface area contributed by atoms with Gasteiger partial charge in [-0.15, -0.1) is 11.8 Å². The highest BCUT2D eigenvalue weighted by molar-refractivity contribution is 8.00. The zero-order valence-corrected chi connectivity index (χ0v) is 17.6. The van der Waals surface area contributed by atoms with E-state index in [1.165, 1.54) is 22.3 Å². The Morgan fingerprint density at radius 1 is 0.467 bits per heavy atom. The van der Waals surface area contributed by atoms with Crippen molar-refractivity contribution in [2.24, 2.45) is 0 Å². The molecule has 1 heteroatoms. The van der Waals surface area contributed by atoms with Crippen LogP contribution in [0.5, 0.6) is 0 Å². The van der Waals surface area contributed by atoms with Crippen LogP contribution in [0.25, 0.3) is 0 Å². The van der Waals surface area contributed by atoms with Crippen LogP contribution in [-0.4, -0.2) is 0 Å². The average molecular weight is 405 g/mol. The van der Waals surface area contributed by atoms with Crippen molar-refractivity contribution in [3.05, 3.63) is 156 Å². The Balaban J connectivity index is 1.76. The molecule has 0 aliphatic carbocycles. The first-order valence-corrected chi connectivity index (χ1v) is 11.3. The molecule has 0 fully saturated rings. The molecule has 1 heterocycles. The van der Waals surface area contributed by atoms with Gasteiger partial charge in [0.2, 0.25) is 0 Å². The number of hydrogen-bond acceptors (Lipinski definition) is 1. The normalized spacial score (nSPS) is 20.0. The molecule has 0 spiro atoms. The summed E-state index contributed by atoms with van der Waals surface area (Å²) in [7, 11) is 0. The number of hydrogen-bond donors (Lipinski definition) is 0. The summed E-state index contributed by atoms with van der Waals surface area (Å²) in [5, 5.41) is 0.298. The molecule has 0 amide bonds. The first-order chi connectivity index (χ1) is 14.9. The smallest absolute Gasteiger partial charge is 0.0769 e. The van der Waals surface area contributed by atoms with Gasteiger partial charge in [0.1, 0.15) is 0 Å². The van der Waals surface area contributed by atoms with Crippen LogP contribution in [0.4, 0.5) is 0 Å². The van der Waals surface area contributed by atoms with Crippen LogP contribution < -0.4 is 0 Å². The minimum absolute atomic E-state index is 0.209. The molecule has 5 rings (SSSR count). The first kappa shape index (κ1) is 19.0. The van der Waals surface area contributed by atoms with Crippen molar-refractivity contribution in [3.8, 4) is 0 Å². The number of rotatable bonds is 4. The molecule has 0 nitrogen and oxygen atoms in total. The van der Waals surface area contributed by atoms with Crippen LogP contribution in [0.2, 0.25) is 0 Å². The molecule has 0 N–H and O–H groups in total. The summed E-state index contributed by atoms with van der Waals surface area (Å²) in [6.45, 7) is 0. The topological polar surface area (TPSA) is 0 Å². The summed E-state index contributed by atoms with van der Waals surface area (Å²) in [6, 6.07) is 43.8. The van der Waals surface area contributed by atoms with E-state index in [2.05, 4.69) is 145 Å². The lowest BCUT2D eigenvalue weighted by Crippen LogP contribution is -2.34. The van der Waals surface area contributed by atoms with E-state index in [1.54, 1.807) is 0 Å². The highest BCUT2D eigenvalue weighted by atomic mass is 32.2. The van der Waals surface area contributed by atoms with Crippen LogP contribution in [0, 0.1) is 0 Å². The summed E-state index contributed by atoms with van der Waals surface area (Å²) in [5.74, 6) is 0.244. The summed E-state index contributed by atoms with van der Waals surface area (Å²) in [5.41, 5.74) is 5.39. The van der Waals surface area contributed by atoms with Crippen LogP contribution >= 0.6 is 11.8 Å². The van der Waals surface area contributed by atoms with Crippen LogP contribution in [-0.2, 0) is 4.75 Å². The molecule has 2 atom stereocenters. The molecule has 0 bridgehead atoms. The number of allylic oxidation sites excluding steroid dienone is 1. The lowest BCUT2D eigenvalue weighted by Gasteiger charge is -2.45. The van der Waals surface area contributed by atoms with Gasteiger partial charge in [0.15, 0.2) is 0 Å². The monoisotopic (exact) mass is 404 g/mol. The van der Waals surface area contributed by atoms with Gasteiger partial charge < -0.3 is 0 Å². The van der Waals surface area contributed by atoms with Crippen molar-refractivity contribution >= 4 is 11.8 Å². The van der Waals surface area contributed by atoms with E-state index in [0.29, 0.717) is 5.25 Å². The molecule has 4 aromatic carbocycles. The largest absolute Gasteiger partial charge is 0.132 e. The Kier molecular flexibility index (Phi) is 5.29. The molecule has 0 aromatic heterocycles.